The molecular formula is C12H20O2. The predicted molar refractivity (Wildman–Crippen MR) is 56.9 cm³/mol. The fourth-order valence-electron chi connectivity index (χ4n) is 1.91. The van der Waals surface area contributed by atoms with E-state index in [9.17, 15) is 4.79 Å². The highest BCUT2D eigenvalue weighted by Crippen LogP contribution is 2.38. The number of rotatable bonds is 3. The SMILES string of the molecule is CCOC(=O)CC1C=CCCC1(C)C. The Bertz CT molecular complexity index is 228. The van der Waals surface area contributed by atoms with Gasteiger partial charge in [0.05, 0.1) is 13.0 Å². The van der Waals surface area contributed by atoms with Gasteiger partial charge in [0.2, 0.25) is 0 Å². The number of hydrogen-bond acceptors (Lipinski definition) is 2. The monoisotopic (exact) mass is 196 g/mol. The molecule has 0 radical (unpaired) electrons. The van der Waals surface area contributed by atoms with Crippen molar-refractivity contribution in [3.8, 4) is 0 Å². The first-order chi connectivity index (χ1) is 6.56. The molecule has 1 aliphatic carbocycles. The molecule has 0 heterocycles. The van der Waals surface area contributed by atoms with Crippen molar-refractivity contribution in [2.45, 2.75) is 40.0 Å². The third-order valence-electron chi connectivity index (χ3n) is 3.02. The molecule has 80 valence electrons. The van der Waals surface area contributed by atoms with Gasteiger partial charge in [-0.1, -0.05) is 26.0 Å². The minimum Gasteiger partial charge on any atom is -0.466 e. The molecule has 1 atom stereocenters. The summed E-state index contributed by atoms with van der Waals surface area (Å²) in [6, 6.07) is 0. The molecular weight excluding hydrogens is 176 g/mol. The van der Waals surface area contributed by atoms with Crippen LogP contribution in [-0.4, -0.2) is 12.6 Å². The standard InChI is InChI=1S/C12H20O2/c1-4-14-11(13)9-10-7-5-6-8-12(10,2)3/h5,7,10H,4,6,8-9H2,1-3H3. The topological polar surface area (TPSA) is 26.3 Å². The van der Waals surface area contributed by atoms with Crippen molar-refractivity contribution in [1.29, 1.82) is 0 Å². The van der Waals surface area contributed by atoms with Gasteiger partial charge in [-0.15, -0.1) is 0 Å². The number of carbonyl (C=O) groups excluding carboxylic acids is 1. The highest BCUT2D eigenvalue weighted by molar-refractivity contribution is 5.70. The fraction of sp³-hybridized carbons (Fsp3) is 0.750. The first kappa shape index (κ1) is 11.3. The summed E-state index contributed by atoms with van der Waals surface area (Å²) in [5.41, 5.74) is 0.238. The van der Waals surface area contributed by atoms with E-state index in [0.717, 1.165) is 12.8 Å². The van der Waals surface area contributed by atoms with Crippen molar-refractivity contribution < 1.29 is 9.53 Å². The van der Waals surface area contributed by atoms with E-state index in [-0.39, 0.29) is 11.4 Å². The minimum absolute atomic E-state index is 0.0721. The molecule has 2 heteroatoms. The van der Waals surface area contributed by atoms with E-state index in [2.05, 4.69) is 26.0 Å². The summed E-state index contributed by atoms with van der Waals surface area (Å²) in [5.74, 6) is 0.271. The number of carbonyl (C=O) groups is 1. The van der Waals surface area contributed by atoms with Crippen LogP contribution in [0.25, 0.3) is 0 Å². The molecule has 2 nitrogen and oxygen atoms in total. The molecule has 0 aromatic carbocycles. The lowest BCUT2D eigenvalue weighted by Gasteiger charge is -2.34. The fourth-order valence-corrected chi connectivity index (χ4v) is 1.91. The Morgan fingerprint density at radius 3 is 2.86 bits per heavy atom. The van der Waals surface area contributed by atoms with Crippen LogP contribution < -0.4 is 0 Å². The maximum Gasteiger partial charge on any atom is 0.306 e. The number of allylic oxidation sites excluding steroid dienone is 2. The van der Waals surface area contributed by atoms with Gasteiger partial charge >= 0.3 is 5.97 Å². The van der Waals surface area contributed by atoms with Crippen LogP contribution in [0.1, 0.15) is 40.0 Å². The molecule has 0 N–H and O–H groups in total. The molecule has 0 aromatic rings. The zero-order chi connectivity index (χ0) is 10.6. The maximum absolute atomic E-state index is 11.3. The van der Waals surface area contributed by atoms with Crippen molar-refractivity contribution in [3.05, 3.63) is 12.2 Å². The van der Waals surface area contributed by atoms with Crippen LogP contribution in [-0.2, 0) is 9.53 Å². The number of ether oxygens (including phenoxy) is 1. The van der Waals surface area contributed by atoms with Crippen LogP contribution in [0.15, 0.2) is 12.2 Å². The van der Waals surface area contributed by atoms with E-state index in [1.807, 2.05) is 6.92 Å². The largest absolute Gasteiger partial charge is 0.466 e. The van der Waals surface area contributed by atoms with Gasteiger partial charge in [-0.25, -0.2) is 0 Å². The van der Waals surface area contributed by atoms with Crippen molar-refractivity contribution >= 4 is 5.97 Å². The van der Waals surface area contributed by atoms with Crippen LogP contribution in [0.2, 0.25) is 0 Å². The lowest BCUT2D eigenvalue weighted by molar-refractivity contribution is -0.144. The quantitative estimate of drug-likeness (QED) is 0.512. The predicted octanol–water partition coefficient (Wildman–Crippen LogP) is 2.93. The molecule has 1 rings (SSSR count). The third kappa shape index (κ3) is 2.86. The van der Waals surface area contributed by atoms with E-state index >= 15 is 0 Å². The Morgan fingerprint density at radius 2 is 2.29 bits per heavy atom. The maximum atomic E-state index is 11.3. The molecule has 0 spiro atoms. The highest BCUT2D eigenvalue weighted by atomic mass is 16.5. The van der Waals surface area contributed by atoms with Gasteiger partial charge in [0, 0.05) is 0 Å². The lowest BCUT2D eigenvalue weighted by atomic mass is 9.71. The summed E-state index contributed by atoms with van der Waals surface area (Å²) in [6.45, 7) is 6.77. The van der Waals surface area contributed by atoms with E-state index in [4.69, 9.17) is 4.74 Å². The molecule has 0 fully saturated rings. The smallest absolute Gasteiger partial charge is 0.306 e. The first-order valence-electron chi connectivity index (χ1n) is 5.38. The Balaban J connectivity index is 2.53. The van der Waals surface area contributed by atoms with E-state index < -0.39 is 0 Å². The number of esters is 1. The van der Waals surface area contributed by atoms with Gasteiger partial charge in [0.15, 0.2) is 0 Å². The van der Waals surface area contributed by atoms with E-state index in [0.29, 0.717) is 18.9 Å². The zero-order valence-corrected chi connectivity index (χ0v) is 9.38. The van der Waals surface area contributed by atoms with Crippen LogP contribution in [0.5, 0.6) is 0 Å². The average molecular weight is 196 g/mol. The van der Waals surface area contributed by atoms with Gasteiger partial charge in [-0.05, 0) is 31.1 Å². The molecule has 0 amide bonds. The number of hydrogen-bond donors (Lipinski definition) is 0. The van der Waals surface area contributed by atoms with Crippen molar-refractivity contribution in [2.24, 2.45) is 11.3 Å². The molecule has 1 unspecified atom stereocenters. The van der Waals surface area contributed by atoms with Gasteiger partial charge in [-0.3, -0.25) is 4.79 Å². The van der Waals surface area contributed by atoms with Crippen molar-refractivity contribution in [2.75, 3.05) is 6.61 Å². The molecule has 0 bridgehead atoms. The summed E-state index contributed by atoms with van der Waals surface area (Å²) in [6.07, 6.45) is 7.16. The first-order valence-corrected chi connectivity index (χ1v) is 5.38. The second-order valence-corrected chi connectivity index (χ2v) is 4.57. The lowest BCUT2D eigenvalue weighted by Crippen LogP contribution is -2.27. The van der Waals surface area contributed by atoms with Gasteiger partial charge < -0.3 is 4.74 Å². The molecule has 0 aliphatic heterocycles. The minimum atomic E-state index is -0.0721. The van der Waals surface area contributed by atoms with Gasteiger partial charge in [0.1, 0.15) is 0 Å². The third-order valence-corrected chi connectivity index (χ3v) is 3.02. The Hall–Kier alpha value is -0.790. The summed E-state index contributed by atoms with van der Waals surface area (Å²) >= 11 is 0. The van der Waals surface area contributed by atoms with Crippen molar-refractivity contribution in [3.63, 3.8) is 0 Å². The second kappa shape index (κ2) is 4.63. The van der Waals surface area contributed by atoms with E-state index in [1.54, 1.807) is 0 Å². The summed E-state index contributed by atoms with van der Waals surface area (Å²) in [4.78, 5) is 11.3. The average Bonchev–Trinajstić information content (AvgIpc) is 2.09. The molecule has 0 saturated heterocycles. The molecule has 1 aliphatic rings. The molecule has 0 saturated carbocycles. The zero-order valence-electron chi connectivity index (χ0n) is 9.38. The summed E-state index contributed by atoms with van der Waals surface area (Å²) in [7, 11) is 0. The summed E-state index contributed by atoms with van der Waals surface area (Å²) < 4.78 is 4.97. The normalized spacial score (nSPS) is 24.6. The molecule has 0 aromatic heterocycles. The Morgan fingerprint density at radius 1 is 1.57 bits per heavy atom. The van der Waals surface area contributed by atoms with Gasteiger partial charge in [0.25, 0.3) is 0 Å². The van der Waals surface area contributed by atoms with Gasteiger partial charge in [-0.2, -0.15) is 0 Å². The Labute approximate surface area is 86.3 Å². The Kier molecular flexibility index (Phi) is 3.73. The second-order valence-electron chi connectivity index (χ2n) is 4.57. The van der Waals surface area contributed by atoms with Crippen LogP contribution in [0, 0.1) is 11.3 Å². The van der Waals surface area contributed by atoms with Crippen LogP contribution in [0.4, 0.5) is 0 Å². The molecule has 14 heavy (non-hydrogen) atoms. The van der Waals surface area contributed by atoms with Crippen LogP contribution >= 0.6 is 0 Å². The highest BCUT2D eigenvalue weighted by Gasteiger charge is 2.31. The van der Waals surface area contributed by atoms with E-state index in [1.165, 1.54) is 0 Å². The van der Waals surface area contributed by atoms with Crippen LogP contribution in [0.3, 0.4) is 0 Å². The summed E-state index contributed by atoms with van der Waals surface area (Å²) in [5, 5.41) is 0. The van der Waals surface area contributed by atoms with Crippen molar-refractivity contribution in [1.82, 2.24) is 0 Å².